The van der Waals surface area contributed by atoms with Gasteiger partial charge in [0, 0.05) is 18.2 Å². The maximum Gasteiger partial charge on any atom is 0.165 e. The van der Waals surface area contributed by atoms with Crippen molar-refractivity contribution in [3.05, 3.63) is 41.0 Å². The molecule has 0 spiro atoms. The van der Waals surface area contributed by atoms with Gasteiger partial charge >= 0.3 is 0 Å². The molecule has 2 aromatic carbocycles. The van der Waals surface area contributed by atoms with Crippen molar-refractivity contribution in [3.8, 4) is 28.4 Å². The maximum absolute atomic E-state index is 10.3. The molecular formula is C17H18BrNO3. The Hall–Kier alpha value is -1.72. The number of phenols is 3. The Morgan fingerprint density at radius 2 is 1.86 bits per heavy atom. The van der Waals surface area contributed by atoms with E-state index in [-0.39, 0.29) is 40.3 Å². The second-order valence-electron chi connectivity index (χ2n) is 5.98. The number of benzene rings is 2. The zero-order valence-corrected chi connectivity index (χ0v) is 13.9. The summed E-state index contributed by atoms with van der Waals surface area (Å²) in [4.78, 5) is 2.32. The number of hydrogen-bond donors (Lipinski definition) is 3. The van der Waals surface area contributed by atoms with Gasteiger partial charge in [-0.05, 0) is 60.3 Å². The normalized spacial score (nSPS) is 19.0. The first-order valence-corrected chi connectivity index (χ1v) is 7.16. The summed E-state index contributed by atoms with van der Waals surface area (Å²) in [6, 6.07) is 7.18. The molecule has 2 aliphatic rings. The van der Waals surface area contributed by atoms with Crippen molar-refractivity contribution in [2.24, 2.45) is 0 Å². The quantitative estimate of drug-likeness (QED) is 0.629. The summed E-state index contributed by atoms with van der Waals surface area (Å²) in [6.45, 7) is 0.958. The molecule has 0 unspecified atom stereocenters. The van der Waals surface area contributed by atoms with Gasteiger partial charge in [0.1, 0.15) is 5.75 Å². The zero-order chi connectivity index (χ0) is 14.7. The zero-order valence-electron chi connectivity index (χ0n) is 12.2. The van der Waals surface area contributed by atoms with Gasteiger partial charge in [-0.25, -0.2) is 0 Å². The maximum atomic E-state index is 10.3. The molecule has 4 nitrogen and oxygen atoms in total. The largest absolute Gasteiger partial charge is 0.508 e. The monoisotopic (exact) mass is 363 g/mol. The van der Waals surface area contributed by atoms with Gasteiger partial charge < -0.3 is 15.3 Å². The van der Waals surface area contributed by atoms with Crippen molar-refractivity contribution >= 4 is 17.0 Å². The number of nitrogens with zero attached hydrogens (tertiary/aromatic N) is 1. The van der Waals surface area contributed by atoms with Crippen LogP contribution in [0.15, 0.2) is 24.3 Å². The van der Waals surface area contributed by atoms with Crippen molar-refractivity contribution in [1.82, 2.24) is 4.90 Å². The van der Waals surface area contributed by atoms with E-state index in [4.69, 9.17) is 0 Å². The highest BCUT2D eigenvalue weighted by molar-refractivity contribution is 8.93. The van der Waals surface area contributed by atoms with Crippen LogP contribution in [0.2, 0.25) is 0 Å². The van der Waals surface area contributed by atoms with E-state index < -0.39 is 0 Å². The lowest BCUT2D eigenvalue weighted by Crippen LogP contribution is -2.35. The Labute approximate surface area is 139 Å². The predicted octanol–water partition coefficient (Wildman–Crippen LogP) is 3.13. The van der Waals surface area contributed by atoms with Gasteiger partial charge in [-0.2, -0.15) is 0 Å². The third-order valence-electron chi connectivity index (χ3n) is 4.78. The van der Waals surface area contributed by atoms with E-state index in [9.17, 15) is 15.3 Å². The van der Waals surface area contributed by atoms with Gasteiger partial charge in [-0.15, -0.1) is 17.0 Å². The molecule has 22 heavy (non-hydrogen) atoms. The van der Waals surface area contributed by atoms with Crippen LogP contribution in [-0.2, 0) is 12.8 Å². The molecule has 1 atom stereocenters. The number of rotatable bonds is 0. The van der Waals surface area contributed by atoms with Crippen LogP contribution in [0.5, 0.6) is 17.2 Å². The fraction of sp³-hybridized carbons (Fsp3) is 0.294. The molecule has 0 bridgehead atoms. The number of halogens is 1. The van der Waals surface area contributed by atoms with Crippen LogP contribution in [-0.4, -0.2) is 33.8 Å². The Balaban J connectivity index is 0.00000144. The summed E-state index contributed by atoms with van der Waals surface area (Å²) in [5, 5.41) is 30.1. The summed E-state index contributed by atoms with van der Waals surface area (Å²) in [5.74, 6) is 0.00285. The smallest absolute Gasteiger partial charge is 0.165 e. The third kappa shape index (κ3) is 2.00. The minimum atomic E-state index is -0.117. The highest BCUT2D eigenvalue weighted by Gasteiger charge is 2.34. The van der Waals surface area contributed by atoms with E-state index in [1.54, 1.807) is 6.07 Å². The molecule has 0 aromatic heterocycles. The summed E-state index contributed by atoms with van der Waals surface area (Å²) in [6.07, 6.45) is 1.70. The van der Waals surface area contributed by atoms with E-state index in [0.717, 1.165) is 36.1 Å². The first kappa shape index (κ1) is 15.2. The van der Waals surface area contributed by atoms with Crippen molar-refractivity contribution in [1.29, 1.82) is 0 Å². The molecule has 4 rings (SSSR count). The van der Waals surface area contributed by atoms with Crippen LogP contribution in [0.25, 0.3) is 11.1 Å². The van der Waals surface area contributed by atoms with Gasteiger partial charge in [0.05, 0.1) is 0 Å². The molecule has 1 aliphatic heterocycles. The van der Waals surface area contributed by atoms with Crippen LogP contribution in [0.4, 0.5) is 0 Å². The number of phenolic OH excluding ortho intramolecular Hbond substituents is 3. The summed E-state index contributed by atoms with van der Waals surface area (Å²) >= 11 is 0. The number of hydrogen-bond acceptors (Lipinski definition) is 4. The minimum Gasteiger partial charge on any atom is -0.508 e. The van der Waals surface area contributed by atoms with Crippen molar-refractivity contribution in [2.75, 3.05) is 13.6 Å². The fourth-order valence-corrected chi connectivity index (χ4v) is 3.74. The van der Waals surface area contributed by atoms with E-state index >= 15 is 0 Å². The summed E-state index contributed by atoms with van der Waals surface area (Å²) in [5.41, 5.74) is 4.83. The molecule has 116 valence electrons. The van der Waals surface area contributed by atoms with Crippen molar-refractivity contribution < 1.29 is 15.3 Å². The average Bonchev–Trinajstić information content (AvgIpc) is 2.46. The molecule has 2 aromatic rings. The third-order valence-corrected chi connectivity index (χ3v) is 4.78. The lowest BCUT2D eigenvalue weighted by Gasteiger charge is -2.40. The number of fused-ring (bicyclic) bond motifs is 2. The summed E-state index contributed by atoms with van der Waals surface area (Å²) < 4.78 is 0. The molecule has 0 radical (unpaired) electrons. The Kier molecular flexibility index (Phi) is 3.57. The molecule has 0 saturated heterocycles. The van der Waals surface area contributed by atoms with Crippen molar-refractivity contribution in [2.45, 2.75) is 18.9 Å². The highest BCUT2D eigenvalue weighted by atomic mass is 79.9. The molecule has 5 heteroatoms. The molecule has 1 heterocycles. The van der Waals surface area contributed by atoms with Gasteiger partial charge in [-0.1, -0.05) is 6.07 Å². The predicted molar refractivity (Wildman–Crippen MR) is 90.0 cm³/mol. The van der Waals surface area contributed by atoms with Crippen LogP contribution in [0.1, 0.15) is 22.7 Å². The SMILES string of the molecule is Br.CN1CCc2cc(O)cc3c2[C@H]1Cc1ccc(O)c(O)c1-3. The van der Waals surface area contributed by atoms with Gasteiger partial charge in [0.25, 0.3) is 0 Å². The molecule has 1 aliphatic carbocycles. The first-order valence-electron chi connectivity index (χ1n) is 7.16. The van der Waals surface area contributed by atoms with E-state index in [1.165, 1.54) is 11.6 Å². The lowest BCUT2D eigenvalue weighted by molar-refractivity contribution is 0.227. The van der Waals surface area contributed by atoms with Gasteiger partial charge in [0.2, 0.25) is 0 Å². The van der Waals surface area contributed by atoms with Crippen LogP contribution < -0.4 is 0 Å². The standard InChI is InChI=1S/C17H17NO3.BrH/c1-18-5-4-10-6-11(19)8-12-15(10)13(18)7-9-2-3-14(20)17(21)16(9)12;/h2-3,6,8,13,19-21H,4-5,7H2,1H3;1H/t13-;/m1./s1. The lowest BCUT2D eigenvalue weighted by atomic mass is 9.77. The van der Waals surface area contributed by atoms with Crippen LogP contribution >= 0.6 is 17.0 Å². The highest BCUT2D eigenvalue weighted by Crippen LogP contribution is 2.50. The topological polar surface area (TPSA) is 63.9 Å². The van der Waals surface area contributed by atoms with Gasteiger partial charge in [0.15, 0.2) is 11.5 Å². The number of likely N-dealkylation sites (N-methyl/N-ethyl adjacent to an activating group) is 1. The van der Waals surface area contributed by atoms with Crippen LogP contribution in [0, 0.1) is 0 Å². The first-order chi connectivity index (χ1) is 10.1. The second kappa shape index (κ2) is 5.18. The van der Waals surface area contributed by atoms with E-state index in [1.807, 2.05) is 12.1 Å². The molecular weight excluding hydrogens is 346 g/mol. The summed E-state index contributed by atoms with van der Waals surface area (Å²) in [7, 11) is 2.11. The Bertz CT molecular complexity index is 760. The molecule has 0 amide bonds. The Morgan fingerprint density at radius 3 is 2.64 bits per heavy atom. The molecule has 0 saturated carbocycles. The van der Waals surface area contributed by atoms with E-state index in [2.05, 4.69) is 11.9 Å². The van der Waals surface area contributed by atoms with E-state index in [0.29, 0.717) is 5.56 Å². The van der Waals surface area contributed by atoms with Crippen LogP contribution in [0.3, 0.4) is 0 Å². The second-order valence-corrected chi connectivity index (χ2v) is 5.98. The molecule has 3 N–H and O–H groups in total. The van der Waals surface area contributed by atoms with Gasteiger partial charge in [-0.3, -0.25) is 4.90 Å². The Morgan fingerprint density at radius 1 is 1.09 bits per heavy atom. The number of aromatic hydroxyl groups is 3. The minimum absolute atomic E-state index is 0. The van der Waals surface area contributed by atoms with Crippen molar-refractivity contribution in [3.63, 3.8) is 0 Å². The fourth-order valence-electron chi connectivity index (χ4n) is 3.74. The molecule has 0 fully saturated rings. The average molecular weight is 364 g/mol.